The lowest BCUT2D eigenvalue weighted by atomic mass is 9.98. The topological polar surface area (TPSA) is 105 Å². The van der Waals surface area contributed by atoms with Gasteiger partial charge in [0.15, 0.2) is 6.04 Å². The molecular weight excluding hydrogens is 444 g/mol. The number of ether oxygens (including phenoxy) is 1. The highest BCUT2D eigenvalue weighted by Gasteiger charge is 2.29. The van der Waals surface area contributed by atoms with Crippen LogP contribution in [0.3, 0.4) is 0 Å². The summed E-state index contributed by atoms with van der Waals surface area (Å²) in [6, 6.07) is 23.3. The number of carboxylic acid groups (broad SMARTS) is 1. The van der Waals surface area contributed by atoms with Crippen molar-refractivity contribution in [1.82, 2.24) is 10.6 Å². The zero-order chi connectivity index (χ0) is 24.8. The van der Waals surface area contributed by atoms with Crippen LogP contribution >= 0.6 is 0 Å². The summed E-state index contributed by atoms with van der Waals surface area (Å²) >= 11 is 0. The Bertz CT molecular complexity index is 1170. The largest absolute Gasteiger partial charge is 0.479 e. The molecule has 7 heteroatoms. The van der Waals surface area contributed by atoms with E-state index in [0.717, 1.165) is 22.3 Å². The van der Waals surface area contributed by atoms with Gasteiger partial charge >= 0.3 is 12.1 Å². The lowest BCUT2D eigenvalue weighted by Crippen LogP contribution is -2.37. The Morgan fingerprint density at radius 3 is 2.03 bits per heavy atom. The first-order valence-corrected chi connectivity index (χ1v) is 11.6. The Balaban J connectivity index is 1.26. The average molecular weight is 473 g/mol. The smallest absolute Gasteiger partial charge is 0.407 e. The Hall–Kier alpha value is -4.13. The van der Waals surface area contributed by atoms with Crippen molar-refractivity contribution in [1.29, 1.82) is 0 Å². The molecule has 0 fully saturated rings. The van der Waals surface area contributed by atoms with Crippen LogP contribution in [0.4, 0.5) is 4.79 Å². The van der Waals surface area contributed by atoms with E-state index < -0.39 is 24.0 Å². The normalized spacial score (nSPS) is 13.7. The van der Waals surface area contributed by atoms with Crippen LogP contribution in [0.2, 0.25) is 0 Å². The third-order valence-corrected chi connectivity index (χ3v) is 6.20. The van der Waals surface area contributed by atoms with Gasteiger partial charge in [-0.15, -0.1) is 0 Å². The third kappa shape index (κ3) is 5.69. The lowest BCUT2D eigenvalue weighted by Gasteiger charge is -2.18. The molecule has 2 atom stereocenters. The highest BCUT2D eigenvalue weighted by Crippen LogP contribution is 2.44. The number of hydrogen-bond donors (Lipinski definition) is 3. The van der Waals surface area contributed by atoms with Gasteiger partial charge in [-0.1, -0.05) is 78.9 Å². The number of fused-ring (bicyclic) bond motifs is 3. The van der Waals surface area contributed by atoms with Crippen LogP contribution < -0.4 is 10.6 Å². The van der Waals surface area contributed by atoms with Gasteiger partial charge < -0.3 is 20.5 Å². The highest BCUT2D eigenvalue weighted by molar-refractivity contribution is 5.84. The summed E-state index contributed by atoms with van der Waals surface area (Å²) in [6.07, 6.45) is -0.133. The minimum absolute atomic E-state index is 0.0276. The van der Waals surface area contributed by atoms with Gasteiger partial charge in [-0.25, -0.2) is 9.59 Å². The monoisotopic (exact) mass is 472 g/mol. The van der Waals surface area contributed by atoms with Gasteiger partial charge in [0, 0.05) is 18.4 Å². The molecule has 1 aliphatic carbocycles. The van der Waals surface area contributed by atoms with E-state index in [1.165, 1.54) is 0 Å². The van der Waals surface area contributed by atoms with Crippen molar-refractivity contribution < 1.29 is 24.2 Å². The molecule has 0 saturated heterocycles. The summed E-state index contributed by atoms with van der Waals surface area (Å²) in [4.78, 5) is 36.3. The number of nitrogens with one attached hydrogen (secondary N) is 2. The standard InChI is InChI=1S/C28H28N2O5/c1-18(15-16-25(31)30-26(27(32)33)19-9-3-2-4-10-19)29-28(34)35-17-24-22-13-7-5-11-20(22)21-12-6-8-14-23(21)24/h2-14,18,24,26H,15-17H2,1H3,(H,29,34)(H,30,31)(H,32,33)/t18?,26-/m0/s1. The van der Waals surface area contributed by atoms with Gasteiger partial charge in [0.25, 0.3) is 0 Å². The molecule has 0 spiro atoms. The fourth-order valence-electron chi connectivity index (χ4n) is 4.43. The van der Waals surface area contributed by atoms with Crippen molar-refractivity contribution in [2.45, 2.75) is 37.8 Å². The van der Waals surface area contributed by atoms with Gasteiger partial charge in [-0.2, -0.15) is 0 Å². The second-order valence-corrected chi connectivity index (χ2v) is 8.66. The zero-order valence-corrected chi connectivity index (χ0v) is 19.4. The molecule has 0 saturated carbocycles. The van der Waals surface area contributed by atoms with Crippen LogP contribution in [0.15, 0.2) is 78.9 Å². The van der Waals surface area contributed by atoms with Crippen molar-refractivity contribution in [2.75, 3.05) is 6.61 Å². The molecule has 2 amide bonds. The van der Waals surface area contributed by atoms with Gasteiger partial charge in [0.05, 0.1) is 0 Å². The second-order valence-electron chi connectivity index (χ2n) is 8.66. The molecule has 1 unspecified atom stereocenters. The van der Waals surface area contributed by atoms with E-state index in [1.807, 2.05) is 24.3 Å². The molecule has 35 heavy (non-hydrogen) atoms. The summed E-state index contributed by atoms with van der Waals surface area (Å²) in [7, 11) is 0. The maximum Gasteiger partial charge on any atom is 0.407 e. The number of carboxylic acids is 1. The van der Waals surface area contributed by atoms with Crippen molar-refractivity contribution in [3.63, 3.8) is 0 Å². The average Bonchev–Trinajstić information content (AvgIpc) is 3.19. The highest BCUT2D eigenvalue weighted by atomic mass is 16.5. The first kappa shape index (κ1) is 24.0. The van der Waals surface area contributed by atoms with Crippen LogP contribution in [-0.2, 0) is 14.3 Å². The van der Waals surface area contributed by atoms with Gasteiger partial charge in [0.1, 0.15) is 6.61 Å². The predicted octanol–water partition coefficient (Wildman–Crippen LogP) is 4.64. The number of alkyl carbamates (subject to hydrolysis) is 1. The lowest BCUT2D eigenvalue weighted by molar-refractivity contribution is -0.142. The molecule has 0 heterocycles. The molecule has 3 N–H and O–H groups in total. The summed E-state index contributed by atoms with van der Waals surface area (Å²) in [6.45, 7) is 1.99. The molecule has 3 aromatic carbocycles. The molecule has 0 radical (unpaired) electrons. The molecule has 1 aliphatic rings. The fourth-order valence-corrected chi connectivity index (χ4v) is 4.43. The van der Waals surface area contributed by atoms with Crippen LogP contribution in [0.5, 0.6) is 0 Å². The number of carbonyl (C=O) groups is 3. The number of hydrogen-bond acceptors (Lipinski definition) is 4. The Morgan fingerprint density at radius 2 is 1.43 bits per heavy atom. The third-order valence-electron chi connectivity index (χ3n) is 6.20. The molecule has 4 rings (SSSR count). The van der Waals surface area contributed by atoms with Gasteiger partial charge in [0.2, 0.25) is 5.91 Å². The summed E-state index contributed by atoms with van der Waals surface area (Å²) < 4.78 is 5.54. The number of carbonyl (C=O) groups excluding carboxylic acids is 2. The van der Waals surface area contributed by atoms with E-state index in [2.05, 4.69) is 34.9 Å². The zero-order valence-electron chi connectivity index (χ0n) is 19.4. The van der Waals surface area contributed by atoms with E-state index in [0.29, 0.717) is 12.0 Å². The van der Waals surface area contributed by atoms with Crippen molar-refractivity contribution in [2.24, 2.45) is 0 Å². The minimum atomic E-state index is -1.13. The maximum atomic E-state index is 12.4. The maximum absolute atomic E-state index is 12.4. The summed E-state index contributed by atoms with van der Waals surface area (Å²) in [5, 5.41) is 14.8. The van der Waals surface area contributed by atoms with E-state index >= 15 is 0 Å². The second kappa shape index (κ2) is 10.9. The Morgan fingerprint density at radius 1 is 0.857 bits per heavy atom. The first-order valence-electron chi connectivity index (χ1n) is 11.6. The van der Waals surface area contributed by atoms with Crippen molar-refractivity contribution in [3.8, 4) is 11.1 Å². The van der Waals surface area contributed by atoms with Crippen LogP contribution in [0.1, 0.15) is 48.4 Å². The summed E-state index contributed by atoms with van der Waals surface area (Å²) in [5.41, 5.74) is 5.09. The van der Waals surface area contributed by atoms with E-state index in [9.17, 15) is 19.5 Å². The quantitative estimate of drug-likeness (QED) is 0.421. The molecule has 3 aromatic rings. The number of amides is 2. The SMILES string of the molecule is CC(CCC(=O)N[C@H](C(=O)O)c1ccccc1)NC(=O)OCC1c2ccccc2-c2ccccc21. The van der Waals surface area contributed by atoms with Gasteiger partial charge in [-0.3, -0.25) is 4.79 Å². The molecule has 7 nitrogen and oxygen atoms in total. The van der Waals surface area contributed by atoms with E-state index in [1.54, 1.807) is 37.3 Å². The molecule has 180 valence electrons. The van der Waals surface area contributed by atoms with Crippen LogP contribution in [0, 0.1) is 0 Å². The first-order chi connectivity index (χ1) is 16.9. The number of rotatable bonds is 9. The van der Waals surface area contributed by atoms with Crippen molar-refractivity contribution in [3.05, 3.63) is 95.6 Å². The van der Waals surface area contributed by atoms with Gasteiger partial charge in [-0.05, 0) is 41.2 Å². The Kier molecular flexibility index (Phi) is 7.45. The molecular formula is C28H28N2O5. The van der Waals surface area contributed by atoms with Crippen LogP contribution in [-0.4, -0.2) is 35.7 Å². The molecule has 0 bridgehead atoms. The fraction of sp³-hybridized carbons (Fsp3) is 0.250. The molecule has 0 aliphatic heterocycles. The van der Waals surface area contributed by atoms with E-state index in [4.69, 9.17) is 4.74 Å². The predicted molar refractivity (Wildman–Crippen MR) is 132 cm³/mol. The number of benzene rings is 3. The van der Waals surface area contributed by atoms with Crippen molar-refractivity contribution >= 4 is 18.0 Å². The summed E-state index contributed by atoms with van der Waals surface area (Å²) in [5.74, 6) is -1.56. The van der Waals surface area contributed by atoms with Crippen LogP contribution in [0.25, 0.3) is 11.1 Å². The Labute approximate surface area is 204 Å². The van der Waals surface area contributed by atoms with E-state index in [-0.39, 0.29) is 25.0 Å². The number of aliphatic carboxylic acids is 1. The molecule has 0 aromatic heterocycles. The minimum Gasteiger partial charge on any atom is -0.479 e.